The first-order valence-corrected chi connectivity index (χ1v) is 14.5. The molecule has 0 aliphatic carbocycles. The molecule has 0 aliphatic heterocycles. The van der Waals surface area contributed by atoms with Gasteiger partial charge >= 0.3 is 5.97 Å². The molecule has 0 spiro atoms. The highest BCUT2D eigenvalue weighted by Gasteiger charge is 2.22. The predicted octanol–water partition coefficient (Wildman–Crippen LogP) is 8.13. The number of carbonyl (C=O) groups is 1. The first-order chi connectivity index (χ1) is 19.1. The van der Waals surface area contributed by atoms with Crippen LogP contribution in [-0.2, 0) is 20.3 Å². The summed E-state index contributed by atoms with van der Waals surface area (Å²) in [5, 5.41) is 3.19. The van der Waals surface area contributed by atoms with Gasteiger partial charge in [-0.25, -0.2) is 14.0 Å². The topological polar surface area (TPSA) is 59.5 Å². The van der Waals surface area contributed by atoms with E-state index in [4.69, 9.17) is 9.72 Å². The molecule has 1 aromatic heterocycles. The molecule has 1 atom stereocenters. The van der Waals surface area contributed by atoms with Gasteiger partial charge in [-0.15, -0.1) is 0 Å². The maximum absolute atomic E-state index is 12.6. The second-order valence-electron chi connectivity index (χ2n) is 8.42. The van der Waals surface area contributed by atoms with Crippen LogP contribution in [0.3, 0.4) is 0 Å². The number of anilines is 3. The molecule has 5 aromatic rings. The van der Waals surface area contributed by atoms with E-state index in [0.29, 0.717) is 4.90 Å². The third-order valence-corrected chi connectivity index (χ3v) is 8.05. The molecular formula is C32H26N2O3S2. The van der Waals surface area contributed by atoms with Crippen LogP contribution in [0, 0.1) is 0 Å². The molecular weight excluding hydrogens is 524 g/mol. The molecule has 0 radical (unpaired) electrons. The Morgan fingerprint density at radius 3 is 1.95 bits per heavy atom. The first-order valence-electron chi connectivity index (χ1n) is 12.5. The Labute approximate surface area is 234 Å². The molecule has 5 rings (SSSR count). The zero-order valence-electron chi connectivity index (χ0n) is 21.3. The second-order valence-corrected chi connectivity index (χ2v) is 10.7. The largest absolute Gasteiger partial charge is 0.463 e. The van der Waals surface area contributed by atoms with E-state index in [-0.39, 0.29) is 6.61 Å². The molecule has 0 saturated heterocycles. The van der Waals surface area contributed by atoms with Crippen molar-refractivity contribution in [2.24, 2.45) is 0 Å². The number of hydrogen-bond acceptors (Lipinski definition) is 6. The molecule has 194 valence electrons. The van der Waals surface area contributed by atoms with Crippen LogP contribution in [0.2, 0.25) is 0 Å². The van der Waals surface area contributed by atoms with Gasteiger partial charge in [0.15, 0.2) is 0 Å². The Balaban J connectivity index is 1.56. The van der Waals surface area contributed by atoms with Gasteiger partial charge < -0.3 is 9.64 Å². The van der Waals surface area contributed by atoms with Crippen LogP contribution < -0.4 is 4.90 Å². The third kappa shape index (κ3) is 6.22. The van der Waals surface area contributed by atoms with Crippen molar-refractivity contribution in [3.8, 4) is 21.8 Å². The van der Waals surface area contributed by atoms with E-state index < -0.39 is 16.8 Å². The van der Waals surface area contributed by atoms with Crippen LogP contribution >= 0.6 is 11.3 Å². The van der Waals surface area contributed by atoms with E-state index in [9.17, 15) is 9.00 Å². The van der Waals surface area contributed by atoms with Gasteiger partial charge in [0.1, 0.15) is 15.7 Å². The summed E-state index contributed by atoms with van der Waals surface area (Å²) in [6.07, 6.45) is 1.20. The number of nitrogens with zero attached hydrogens (tertiary/aromatic N) is 2. The van der Waals surface area contributed by atoms with E-state index >= 15 is 0 Å². The van der Waals surface area contributed by atoms with Crippen molar-refractivity contribution >= 4 is 44.5 Å². The standard InChI is InChI=1S/C32H26N2O3S2/c1-2-37-29(35)22-23-39(36)28-20-18-25(19-21-28)31-33-30(24-12-6-3-7-13-24)32(38-31)34(26-14-8-4-9-15-26)27-16-10-5-11-17-27/h3-23H,2H2,1H3/b23-22+. The van der Waals surface area contributed by atoms with Gasteiger partial charge in [0.2, 0.25) is 0 Å². The van der Waals surface area contributed by atoms with Crippen molar-refractivity contribution in [2.75, 3.05) is 11.5 Å². The van der Waals surface area contributed by atoms with Crippen LogP contribution in [0.1, 0.15) is 6.92 Å². The van der Waals surface area contributed by atoms with Gasteiger partial charge in [0.25, 0.3) is 0 Å². The zero-order chi connectivity index (χ0) is 27.0. The van der Waals surface area contributed by atoms with Crippen molar-refractivity contribution in [1.29, 1.82) is 0 Å². The lowest BCUT2D eigenvalue weighted by molar-refractivity contribution is -0.137. The zero-order valence-corrected chi connectivity index (χ0v) is 22.9. The van der Waals surface area contributed by atoms with Gasteiger partial charge in [-0.05, 0) is 43.3 Å². The SMILES string of the molecule is CCOC(=O)/C=C/S(=O)c1ccc(-c2nc(-c3ccccc3)c(N(c3ccccc3)c3ccccc3)s2)cc1. The van der Waals surface area contributed by atoms with E-state index in [1.165, 1.54) is 11.5 Å². The lowest BCUT2D eigenvalue weighted by atomic mass is 10.1. The molecule has 0 fully saturated rings. The average Bonchev–Trinajstić information content (AvgIpc) is 3.43. The highest BCUT2D eigenvalue weighted by Crippen LogP contribution is 2.46. The molecule has 1 unspecified atom stereocenters. The minimum atomic E-state index is -1.46. The van der Waals surface area contributed by atoms with Gasteiger partial charge in [-0.3, -0.25) is 0 Å². The Morgan fingerprint density at radius 1 is 0.821 bits per heavy atom. The molecule has 1 heterocycles. The smallest absolute Gasteiger partial charge is 0.331 e. The summed E-state index contributed by atoms with van der Waals surface area (Å²) in [6.45, 7) is 2.00. The summed E-state index contributed by atoms with van der Waals surface area (Å²) in [6, 6.07) is 38.1. The number of thiazole rings is 1. The van der Waals surface area contributed by atoms with Crippen molar-refractivity contribution < 1.29 is 13.7 Å². The van der Waals surface area contributed by atoms with Crippen molar-refractivity contribution in [2.45, 2.75) is 11.8 Å². The molecule has 0 amide bonds. The van der Waals surface area contributed by atoms with Crippen molar-refractivity contribution in [1.82, 2.24) is 4.98 Å². The first kappa shape index (κ1) is 26.3. The molecule has 0 N–H and O–H groups in total. The lowest BCUT2D eigenvalue weighted by Crippen LogP contribution is -2.09. The fraction of sp³-hybridized carbons (Fsp3) is 0.0625. The monoisotopic (exact) mass is 550 g/mol. The number of esters is 1. The van der Waals surface area contributed by atoms with Gasteiger partial charge in [-0.2, -0.15) is 0 Å². The summed E-state index contributed by atoms with van der Waals surface area (Å²) >= 11 is 1.60. The molecule has 5 nitrogen and oxygen atoms in total. The molecule has 7 heteroatoms. The van der Waals surface area contributed by atoms with Gasteiger partial charge in [0, 0.05) is 38.9 Å². The molecule has 0 aliphatic rings. The normalized spacial score (nSPS) is 11.8. The molecule has 4 aromatic carbocycles. The van der Waals surface area contributed by atoms with Gasteiger partial charge in [0.05, 0.1) is 17.4 Å². The summed E-state index contributed by atoms with van der Waals surface area (Å²) in [4.78, 5) is 19.5. The molecule has 0 bridgehead atoms. The Bertz CT molecular complexity index is 1540. The quantitative estimate of drug-likeness (QED) is 0.137. The van der Waals surface area contributed by atoms with E-state index in [0.717, 1.165) is 38.2 Å². The number of benzene rings is 4. The number of carbonyl (C=O) groups excluding carboxylic acids is 1. The third-order valence-electron chi connectivity index (χ3n) is 5.84. The number of ether oxygens (including phenoxy) is 1. The highest BCUT2D eigenvalue weighted by atomic mass is 32.2. The average molecular weight is 551 g/mol. The minimum absolute atomic E-state index is 0.275. The summed E-state index contributed by atoms with van der Waals surface area (Å²) < 4.78 is 17.5. The lowest BCUT2D eigenvalue weighted by Gasteiger charge is -2.24. The Morgan fingerprint density at radius 2 is 1.38 bits per heavy atom. The number of aromatic nitrogens is 1. The molecule has 39 heavy (non-hydrogen) atoms. The van der Waals surface area contributed by atoms with Crippen molar-refractivity contribution in [3.63, 3.8) is 0 Å². The van der Waals surface area contributed by atoms with E-state index in [1.807, 2.05) is 66.7 Å². The van der Waals surface area contributed by atoms with E-state index in [2.05, 4.69) is 41.3 Å². The molecule has 0 saturated carbocycles. The fourth-order valence-corrected chi connectivity index (χ4v) is 5.96. The number of rotatable bonds is 9. The van der Waals surface area contributed by atoms with Crippen LogP contribution in [0.25, 0.3) is 21.8 Å². The maximum Gasteiger partial charge on any atom is 0.331 e. The fourth-order valence-electron chi connectivity index (χ4n) is 4.03. The van der Waals surface area contributed by atoms with Gasteiger partial charge in [-0.1, -0.05) is 90.2 Å². The van der Waals surface area contributed by atoms with Crippen LogP contribution in [0.4, 0.5) is 16.4 Å². The minimum Gasteiger partial charge on any atom is -0.463 e. The van der Waals surface area contributed by atoms with Crippen LogP contribution in [0.5, 0.6) is 0 Å². The summed E-state index contributed by atoms with van der Waals surface area (Å²) in [5.74, 6) is -0.507. The number of hydrogen-bond donors (Lipinski definition) is 0. The van der Waals surface area contributed by atoms with Crippen LogP contribution in [-0.4, -0.2) is 21.8 Å². The van der Waals surface area contributed by atoms with Crippen molar-refractivity contribution in [3.05, 3.63) is 127 Å². The Hall–Kier alpha value is -4.33. The van der Waals surface area contributed by atoms with E-state index in [1.54, 1.807) is 30.4 Å². The maximum atomic E-state index is 12.6. The Kier molecular flexibility index (Phi) is 8.41. The highest BCUT2D eigenvalue weighted by molar-refractivity contribution is 7.88. The summed E-state index contributed by atoms with van der Waals surface area (Å²) in [7, 11) is -1.46. The van der Waals surface area contributed by atoms with Crippen LogP contribution in [0.15, 0.2) is 132 Å². The number of para-hydroxylation sites is 2. The predicted molar refractivity (Wildman–Crippen MR) is 160 cm³/mol. The second kappa shape index (κ2) is 12.5. The summed E-state index contributed by atoms with van der Waals surface area (Å²) in [5.41, 5.74) is 4.90.